The number of nitrogens with one attached hydrogen (secondary N) is 1. The topological polar surface area (TPSA) is 47.3 Å². The molecule has 0 aliphatic carbocycles. The molecule has 0 aliphatic heterocycles. The molecule has 0 fully saturated rings. The van der Waals surface area contributed by atoms with E-state index in [0.717, 1.165) is 30.1 Å². The summed E-state index contributed by atoms with van der Waals surface area (Å²) in [5.41, 5.74) is 8.91. The molecular weight excluding hydrogens is 188 g/mol. The Bertz CT molecular complexity index is 312. The molecule has 3 nitrogen and oxygen atoms in total. The van der Waals surface area contributed by atoms with Gasteiger partial charge in [-0.1, -0.05) is 19.1 Å². The Balaban J connectivity index is 2.54. The lowest BCUT2D eigenvalue weighted by molar-refractivity contribution is 0.164. The van der Waals surface area contributed by atoms with E-state index in [1.807, 2.05) is 25.1 Å². The molecule has 0 aliphatic rings. The highest BCUT2D eigenvalue weighted by Crippen LogP contribution is 2.21. The first-order valence-corrected chi connectivity index (χ1v) is 5.23. The van der Waals surface area contributed by atoms with Gasteiger partial charge in [0.1, 0.15) is 0 Å². The second-order valence-electron chi connectivity index (χ2n) is 3.98. The maximum absolute atomic E-state index is 5.95. The molecule has 1 rings (SSSR count). The number of aryl methyl sites for hydroxylation is 1. The number of rotatable bonds is 5. The van der Waals surface area contributed by atoms with Gasteiger partial charge in [0.15, 0.2) is 0 Å². The summed E-state index contributed by atoms with van der Waals surface area (Å²) in [6, 6.07) is 6.02. The molecule has 1 aromatic carbocycles. The number of hydrogen-bond donors (Lipinski definition) is 2. The Morgan fingerprint density at radius 2 is 2.20 bits per heavy atom. The molecule has 1 aromatic rings. The zero-order valence-electron chi connectivity index (χ0n) is 9.71. The van der Waals surface area contributed by atoms with Crippen molar-refractivity contribution in [2.75, 3.05) is 31.3 Å². The number of ether oxygens (including phenoxy) is 1. The molecule has 15 heavy (non-hydrogen) atoms. The monoisotopic (exact) mass is 208 g/mol. The predicted molar refractivity (Wildman–Crippen MR) is 65.1 cm³/mol. The van der Waals surface area contributed by atoms with Crippen LogP contribution in [0, 0.1) is 12.8 Å². The summed E-state index contributed by atoms with van der Waals surface area (Å²) in [7, 11) is 1.72. The van der Waals surface area contributed by atoms with E-state index >= 15 is 0 Å². The fourth-order valence-electron chi connectivity index (χ4n) is 1.46. The average Bonchev–Trinajstić information content (AvgIpc) is 2.21. The van der Waals surface area contributed by atoms with Crippen molar-refractivity contribution in [3.63, 3.8) is 0 Å². The SMILES string of the molecule is COCC(C)CNc1cccc(C)c1N. The van der Waals surface area contributed by atoms with Crippen LogP contribution >= 0.6 is 0 Å². The number of benzene rings is 1. The minimum atomic E-state index is 0.481. The Kier molecular flexibility index (Phi) is 4.43. The lowest BCUT2D eigenvalue weighted by atomic mass is 10.1. The predicted octanol–water partition coefficient (Wildman–Crippen LogP) is 2.27. The summed E-state index contributed by atoms with van der Waals surface area (Å²) in [6.45, 7) is 5.79. The van der Waals surface area contributed by atoms with Crippen LogP contribution in [0.2, 0.25) is 0 Å². The summed E-state index contributed by atoms with van der Waals surface area (Å²) >= 11 is 0. The molecule has 1 atom stereocenters. The normalized spacial score (nSPS) is 12.5. The first-order chi connectivity index (χ1) is 7.15. The molecule has 3 heteroatoms. The fraction of sp³-hybridized carbons (Fsp3) is 0.500. The number of nitrogens with two attached hydrogens (primary N) is 1. The van der Waals surface area contributed by atoms with Crippen LogP contribution in [0.5, 0.6) is 0 Å². The number of anilines is 2. The van der Waals surface area contributed by atoms with Crippen molar-refractivity contribution in [3.05, 3.63) is 23.8 Å². The highest BCUT2D eigenvalue weighted by atomic mass is 16.5. The van der Waals surface area contributed by atoms with Gasteiger partial charge in [-0.2, -0.15) is 0 Å². The van der Waals surface area contributed by atoms with Crippen LogP contribution in [0.25, 0.3) is 0 Å². The van der Waals surface area contributed by atoms with E-state index in [0.29, 0.717) is 5.92 Å². The van der Waals surface area contributed by atoms with E-state index in [9.17, 15) is 0 Å². The Labute approximate surface area is 91.6 Å². The van der Waals surface area contributed by atoms with Gasteiger partial charge in [-0.05, 0) is 24.5 Å². The van der Waals surface area contributed by atoms with Crippen molar-refractivity contribution in [2.45, 2.75) is 13.8 Å². The fourth-order valence-corrected chi connectivity index (χ4v) is 1.46. The molecule has 0 saturated carbocycles. The number of methoxy groups -OCH3 is 1. The summed E-state index contributed by atoms with van der Waals surface area (Å²) in [4.78, 5) is 0. The summed E-state index contributed by atoms with van der Waals surface area (Å²) in [5, 5.41) is 3.33. The quantitative estimate of drug-likeness (QED) is 0.730. The molecule has 0 radical (unpaired) electrons. The van der Waals surface area contributed by atoms with Crippen LogP contribution in [0.3, 0.4) is 0 Å². The maximum atomic E-state index is 5.95. The van der Waals surface area contributed by atoms with E-state index in [-0.39, 0.29) is 0 Å². The third kappa shape index (κ3) is 3.44. The van der Waals surface area contributed by atoms with E-state index in [1.165, 1.54) is 0 Å². The minimum absolute atomic E-state index is 0.481. The Morgan fingerprint density at radius 1 is 1.47 bits per heavy atom. The first kappa shape index (κ1) is 11.9. The third-order valence-corrected chi connectivity index (χ3v) is 2.42. The highest BCUT2D eigenvalue weighted by molar-refractivity contribution is 5.69. The van der Waals surface area contributed by atoms with Crippen molar-refractivity contribution in [3.8, 4) is 0 Å². The second kappa shape index (κ2) is 5.61. The standard InChI is InChI=1S/C12H20N2O/c1-9(8-15-3)7-14-11-6-4-5-10(2)12(11)13/h4-6,9,14H,7-8,13H2,1-3H3. The van der Waals surface area contributed by atoms with Crippen LogP contribution in [-0.2, 0) is 4.74 Å². The molecule has 0 amide bonds. The minimum Gasteiger partial charge on any atom is -0.397 e. The highest BCUT2D eigenvalue weighted by Gasteiger charge is 2.04. The van der Waals surface area contributed by atoms with Crippen LogP contribution in [0.1, 0.15) is 12.5 Å². The molecule has 0 spiro atoms. The van der Waals surface area contributed by atoms with Crippen molar-refractivity contribution < 1.29 is 4.74 Å². The zero-order chi connectivity index (χ0) is 11.3. The van der Waals surface area contributed by atoms with E-state index in [4.69, 9.17) is 10.5 Å². The Morgan fingerprint density at radius 3 is 2.87 bits per heavy atom. The molecule has 0 aromatic heterocycles. The van der Waals surface area contributed by atoms with Gasteiger partial charge < -0.3 is 15.8 Å². The van der Waals surface area contributed by atoms with Crippen LogP contribution in [-0.4, -0.2) is 20.3 Å². The second-order valence-corrected chi connectivity index (χ2v) is 3.98. The van der Waals surface area contributed by atoms with Gasteiger partial charge in [0.2, 0.25) is 0 Å². The third-order valence-electron chi connectivity index (χ3n) is 2.42. The van der Waals surface area contributed by atoms with Gasteiger partial charge in [0.05, 0.1) is 18.0 Å². The molecule has 84 valence electrons. The van der Waals surface area contributed by atoms with E-state index < -0.39 is 0 Å². The van der Waals surface area contributed by atoms with Gasteiger partial charge in [-0.15, -0.1) is 0 Å². The lowest BCUT2D eigenvalue weighted by Gasteiger charge is -2.14. The van der Waals surface area contributed by atoms with Crippen molar-refractivity contribution in [1.29, 1.82) is 0 Å². The Hall–Kier alpha value is -1.22. The largest absolute Gasteiger partial charge is 0.397 e. The lowest BCUT2D eigenvalue weighted by Crippen LogP contribution is -2.16. The number of nitrogen functional groups attached to an aromatic ring is 1. The average molecular weight is 208 g/mol. The van der Waals surface area contributed by atoms with E-state index in [1.54, 1.807) is 7.11 Å². The molecule has 0 heterocycles. The van der Waals surface area contributed by atoms with Gasteiger partial charge in [-0.25, -0.2) is 0 Å². The van der Waals surface area contributed by atoms with Crippen LogP contribution in [0.4, 0.5) is 11.4 Å². The van der Waals surface area contributed by atoms with Crippen LogP contribution < -0.4 is 11.1 Å². The van der Waals surface area contributed by atoms with Gasteiger partial charge >= 0.3 is 0 Å². The summed E-state index contributed by atoms with van der Waals surface area (Å²) in [5.74, 6) is 0.481. The van der Waals surface area contributed by atoms with Crippen molar-refractivity contribution >= 4 is 11.4 Å². The molecular formula is C12H20N2O. The summed E-state index contributed by atoms with van der Waals surface area (Å²) in [6.07, 6.45) is 0. The van der Waals surface area contributed by atoms with Gasteiger partial charge in [0, 0.05) is 13.7 Å². The first-order valence-electron chi connectivity index (χ1n) is 5.23. The molecule has 1 unspecified atom stereocenters. The van der Waals surface area contributed by atoms with Crippen LogP contribution in [0.15, 0.2) is 18.2 Å². The maximum Gasteiger partial charge on any atom is 0.0579 e. The number of hydrogen-bond acceptors (Lipinski definition) is 3. The molecule has 0 bridgehead atoms. The molecule has 0 saturated heterocycles. The van der Waals surface area contributed by atoms with Gasteiger partial charge in [0.25, 0.3) is 0 Å². The smallest absolute Gasteiger partial charge is 0.0579 e. The van der Waals surface area contributed by atoms with Crippen molar-refractivity contribution in [2.24, 2.45) is 5.92 Å². The summed E-state index contributed by atoms with van der Waals surface area (Å²) < 4.78 is 5.07. The number of para-hydroxylation sites is 1. The van der Waals surface area contributed by atoms with Gasteiger partial charge in [-0.3, -0.25) is 0 Å². The van der Waals surface area contributed by atoms with E-state index in [2.05, 4.69) is 12.2 Å². The molecule has 3 N–H and O–H groups in total. The van der Waals surface area contributed by atoms with Crippen molar-refractivity contribution in [1.82, 2.24) is 0 Å². The zero-order valence-corrected chi connectivity index (χ0v) is 9.71.